The molecule has 1 aliphatic carbocycles. The third kappa shape index (κ3) is 6.38. The molecule has 188 valence electrons. The van der Waals surface area contributed by atoms with Gasteiger partial charge in [0, 0.05) is 0 Å². The summed E-state index contributed by atoms with van der Waals surface area (Å²) in [5.41, 5.74) is 0.693. The molecule has 0 atom stereocenters. The minimum Gasteiger partial charge on any atom is -0.455 e. The summed E-state index contributed by atoms with van der Waals surface area (Å²) in [6, 6.07) is 5.76. The molecule has 10 heteroatoms. The first-order chi connectivity index (χ1) is 15.3. The Morgan fingerprint density at radius 1 is 0.970 bits per heavy atom. The van der Waals surface area contributed by atoms with E-state index in [-0.39, 0.29) is 11.5 Å². The number of benzene rings is 1. The van der Waals surface area contributed by atoms with Crippen LogP contribution in [0.2, 0.25) is 0 Å². The highest BCUT2D eigenvalue weighted by molar-refractivity contribution is 5.89. The number of alkyl halides is 8. The highest BCUT2D eigenvalue weighted by Crippen LogP contribution is 2.48. The van der Waals surface area contributed by atoms with Gasteiger partial charge in [-0.05, 0) is 55.2 Å². The Kier molecular flexibility index (Phi) is 9.16. The predicted octanol–water partition coefficient (Wildman–Crippen LogP) is 7.87. The van der Waals surface area contributed by atoms with Crippen molar-refractivity contribution in [1.29, 1.82) is 0 Å². The molecule has 2 rings (SSSR count). The average Bonchev–Trinajstić information content (AvgIpc) is 2.78. The lowest BCUT2D eigenvalue weighted by atomic mass is 9.77. The minimum absolute atomic E-state index is 0.244. The van der Waals surface area contributed by atoms with Crippen molar-refractivity contribution in [1.82, 2.24) is 0 Å². The van der Waals surface area contributed by atoms with E-state index in [0.29, 0.717) is 5.92 Å². The molecule has 1 aliphatic rings. The van der Waals surface area contributed by atoms with Crippen LogP contribution in [-0.2, 0) is 4.74 Å². The number of rotatable bonds is 11. The van der Waals surface area contributed by atoms with E-state index >= 15 is 0 Å². The molecule has 1 saturated carbocycles. The van der Waals surface area contributed by atoms with Crippen molar-refractivity contribution in [2.24, 2.45) is 5.92 Å². The van der Waals surface area contributed by atoms with Crippen molar-refractivity contribution in [2.45, 2.75) is 88.4 Å². The predicted molar refractivity (Wildman–Crippen MR) is 106 cm³/mol. The van der Waals surface area contributed by atoms with E-state index in [2.05, 4.69) is 11.7 Å². The first-order valence-electron chi connectivity index (χ1n) is 11.0. The van der Waals surface area contributed by atoms with E-state index in [1.165, 1.54) is 37.8 Å². The molecule has 33 heavy (non-hydrogen) atoms. The van der Waals surface area contributed by atoms with E-state index in [4.69, 9.17) is 0 Å². The minimum atomic E-state index is -6.41. The lowest BCUT2D eigenvalue weighted by molar-refractivity contribution is -0.343. The quantitative estimate of drug-likeness (QED) is 0.180. The lowest BCUT2D eigenvalue weighted by Gasteiger charge is -2.31. The number of halogens is 8. The fourth-order valence-electron chi connectivity index (χ4n) is 4.07. The summed E-state index contributed by atoms with van der Waals surface area (Å²) in [5.74, 6) is -18.9. The number of hydrogen-bond donors (Lipinski definition) is 0. The summed E-state index contributed by atoms with van der Waals surface area (Å²) in [6.45, 7) is -0.311. The van der Waals surface area contributed by atoms with Crippen molar-refractivity contribution in [2.75, 3.05) is 6.61 Å². The van der Waals surface area contributed by atoms with Crippen LogP contribution in [0.1, 0.15) is 80.1 Å². The molecule has 0 unspecified atom stereocenters. The van der Waals surface area contributed by atoms with Crippen molar-refractivity contribution in [3.05, 3.63) is 35.4 Å². The molecular weight excluding hydrogens is 460 g/mol. The molecule has 1 aromatic rings. The second kappa shape index (κ2) is 11.0. The van der Waals surface area contributed by atoms with Crippen molar-refractivity contribution >= 4 is 5.97 Å². The average molecular weight is 488 g/mol. The van der Waals surface area contributed by atoms with Crippen LogP contribution in [0.4, 0.5) is 35.1 Å². The number of carbonyl (C=O) groups excluding carboxylic acids is 1. The molecule has 1 aromatic carbocycles. The maximum Gasteiger partial charge on any atom is 0.381 e. The molecule has 2 nitrogen and oxygen atoms in total. The fourth-order valence-corrected chi connectivity index (χ4v) is 4.07. The van der Waals surface area contributed by atoms with E-state index < -0.39 is 36.8 Å². The molecule has 0 aromatic heterocycles. The largest absolute Gasteiger partial charge is 0.455 e. The van der Waals surface area contributed by atoms with Crippen LogP contribution < -0.4 is 0 Å². The van der Waals surface area contributed by atoms with Gasteiger partial charge < -0.3 is 4.74 Å². The normalized spacial score (nSPS) is 20.2. The van der Waals surface area contributed by atoms with Gasteiger partial charge in [0.1, 0.15) is 0 Å². The van der Waals surface area contributed by atoms with Crippen LogP contribution >= 0.6 is 0 Å². The third-order valence-corrected chi connectivity index (χ3v) is 6.22. The van der Waals surface area contributed by atoms with Crippen LogP contribution in [0.3, 0.4) is 0 Å². The number of esters is 1. The molecule has 0 radical (unpaired) electrons. The van der Waals surface area contributed by atoms with Crippen LogP contribution in [-0.4, -0.2) is 36.8 Å². The molecule has 0 amide bonds. The highest BCUT2D eigenvalue weighted by atomic mass is 19.4. The van der Waals surface area contributed by atoms with Crippen LogP contribution in [0.5, 0.6) is 0 Å². The first kappa shape index (κ1) is 27.4. The second-order valence-electron chi connectivity index (χ2n) is 8.61. The summed E-state index contributed by atoms with van der Waals surface area (Å²) in [6.07, 6.45) is 3.91. The van der Waals surface area contributed by atoms with E-state index in [1.807, 2.05) is 0 Å². The zero-order valence-corrected chi connectivity index (χ0v) is 18.2. The van der Waals surface area contributed by atoms with Gasteiger partial charge in [-0.25, -0.2) is 13.6 Å². The summed E-state index contributed by atoms with van der Waals surface area (Å²) in [5, 5.41) is 0. The number of carbonyl (C=O) groups is 1. The van der Waals surface area contributed by atoms with Gasteiger partial charge in [0.15, 0.2) is 6.61 Å². The van der Waals surface area contributed by atoms with Crippen molar-refractivity contribution in [3.63, 3.8) is 0 Å². The van der Waals surface area contributed by atoms with Gasteiger partial charge in [0.05, 0.1) is 5.56 Å². The standard InChI is InChI=1S/C23H28F8O2/c1-2-3-4-5-15-6-8-16(9-7-15)17-10-12-18(13-11-17)19(32)33-14-21(26,27)23(30,31)22(28,29)20(24)25/h10-13,15-16,20H,2-9,14H2,1H3/t15-,16-. The van der Waals surface area contributed by atoms with Gasteiger partial charge in [-0.15, -0.1) is 0 Å². The van der Waals surface area contributed by atoms with Gasteiger partial charge in [-0.2, -0.15) is 26.3 Å². The smallest absolute Gasteiger partial charge is 0.381 e. The highest BCUT2D eigenvalue weighted by Gasteiger charge is 2.75. The van der Waals surface area contributed by atoms with Crippen molar-refractivity contribution in [3.8, 4) is 0 Å². The summed E-state index contributed by atoms with van der Waals surface area (Å²) in [4.78, 5) is 11.9. The Balaban J connectivity index is 1.92. The molecule has 0 spiro atoms. The Morgan fingerprint density at radius 2 is 1.55 bits per heavy atom. The van der Waals surface area contributed by atoms with Crippen LogP contribution in [0.25, 0.3) is 0 Å². The van der Waals surface area contributed by atoms with Gasteiger partial charge >= 0.3 is 30.2 Å². The number of ether oxygens (including phenoxy) is 1. The van der Waals surface area contributed by atoms with Crippen LogP contribution in [0.15, 0.2) is 24.3 Å². The van der Waals surface area contributed by atoms with E-state index in [1.54, 1.807) is 12.1 Å². The summed E-state index contributed by atoms with van der Waals surface area (Å²) in [7, 11) is 0. The fraction of sp³-hybridized carbons (Fsp3) is 0.696. The Bertz CT molecular complexity index is 756. The zero-order chi connectivity index (χ0) is 24.9. The molecule has 0 saturated heterocycles. The summed E-state index contributed by atoms with van der Waals surface area (Å²) >= 11 is 0. The van der Waals surface area contributed by atoms with Gasteiger partial charge in [0.2, 0.25) is 0 Å². The number of hydrogen-bond acceptors (Lipinski definition) is 2. The van der Waals surface area contributed by atoms with Crippen molar-refractivity contribution < 1.29 is 44.7 Å². The molecule has 1 fully saturated rings. The SMILES string of the molecule is CCCCC[C@H]1CC[C@H](c2ccc(C(=O)OCC(F)(F)C(F)(F)C(F)(F)C(F)F)cc2)CC1. The summed E-state index contributed by atoms with van der Waals surface area (Å²) < 4.78 is 108. The van der Waals surface area contributed by atoms with Crippen LogP contribution in [0, 0.1) is 5.92 Å². The van der Waals surface area contributed by atoms with E-state index in [0.717, 1.165) is 31.2 Å². The second-order valence-corrected chi connectivity index (χ2v) is 8.61. The lowest BCUT2D eigenvalue weighted by Crippen LogP contribution is -2.59. The molecule has 0 bridgehead atoms. The van der Waals surface area contributed by atoms with Gasteiger partial charge in [0.25, 0.3) is 0 Å². The third-order valence-electron chi connectivity index (χ3n) is 6.22. The van der Waals surface area contributed by atoms with Gasteiger partial charge in [-0.3, -0.25) is 0 Å². The topological polar surface area (TPSA) is 26.3 Å². The Hall–Kier alpha value is -1.87. The van der Waals surface area contributed by atoms with Gasteiger partial charge in [-0.1, -0.05) is 44.7 Å². The zero-order valence-electron chi connectivity index (χ0n) is 18.2. The Morgan fingerprint density at radius 3 is 2.06 bits per heavy atom. The van der Waals surface area contributed by atoms with E-state index in [9.17, 15) is 39.9 Å². The monoisotopic (exact) mass is 488 g/mol. The molecule has 0 heterocycles. The first-order valence-corrected chi connectivity index (χ1v) is 11.0. The molecule has 0 aliphatic heterocycles. The molecular formula is C23H28F8O2. The molecule has 0 N–H and O–H groups in total. The maximum atomic E-state index is 13.5. The number of unbranched alkanes of at least 4 members (excludes halogenated alkanes) is 2. The Labute approximate surface area is 187 Å². The maximum absolute atomic E-state index is 13.5.